The Labute approximate surface area is 158 Å². The van der Waals surface area contributed by atoms with Gasteiger partial charge in [-0.3, -0.25) is 9.88 Å². The number of anilines is 1. The van der Waals surface area contributed by atoms with Crippen molar-refractivity contribution in [2.45, 2.75) is 19.2 Å². The fourth-order valence-corrected chi connectivity index (χ4v) is 3.02. The minimum Gasteiger partial charge on any atom is -0.442 e. The van der Waals surface area contributed by atoms with Crippen LogP contribution < -0.4 is 4.90 Å². The van der Waals surface area contributed by atoms with Crippen molar-refractivity contribution in [2.24, 2.45) is 5.18 Å². The van der Waals surface area contributed by atoms with Crippen LogP contribution in [0.1, 0.15) is 5.69 Å². The summed E-state index contributed by atoms with van der Waals surface area (Å²) in [6.45, 7) is 0.622. The van der Waals surface area contributed by atoms with Gasteiger partial charge in [0.1, 0.15) is 18.5 Å². The molecule has 10 heteroatoms. The van der Waals surface area contributed by atoms with Gasteiger partial charge >= 0.3 is 6.09 Å². The van der Waals surface area contributed by atoms with Crippen molar-refractivity contribution >= 4 is 11.8 Å². The molecule has 0 N–H and O–H groups in total. The molecule has 1 aromatic carbocycles. The van der Waals surface area contributed by atoms with Gasteiger partial charge in [0, 0.05) is 23.5 Å². The molecule has 1 fully saturated rings. The second-order valence-electron chi connectivity index (χ2n) is 6.23. The summed E-state index contributed by atoms with van der Waals surface area (Å²) in [7, 11) is 0. The van der Waals surface area contributed by atoms with Crippen molar-refractivity contribution in [1.82, 2.24) is 20.0 Å². The molecular weight excluding hydrogens is 367 g/mol. The van der Waals surface area contributed by atoms with Gasteiger partial charge in [0.25, 0.3) is 0 Å². The molecule has 1 saturated heterocycles. The first-order chi connectivity index (χ1) is 13.6. The normalized spacial score (nSPS) is 16.2. The zero-order chi connectivity index (χ0) is 19.5. The zero-order valence-electron chi connectivity index (χ0n) is 14.6. The summed E-state index contributed by atoms with van der Waals surface area (Å²) < 4.78 is 21.6. The third kappa shape index (κ3) is 3.56. The molecule has 1 amide bonds. The number of carbonyl (C=O) groups is 1. The van der Waals surface area contributed by atoms with E-state index in [1.54, 1.807) is 41.3 Å². The summed E-state index contributed by atoms with van der Waals surface area (Å²) >= 11 is 0. The van der Waals surface area contributed by atoms with Crippen LogP contribution in [0.2, 0.25) is 0 Å². The summed E-state index contributed by atoms with van der Waals surface area (Å²) in [4.78, 5) is 27.9. The Morgan fingerprint density at radius 2 is 2.18 bits per heavy atom. The number of hydrogen-bond acceptors (Lipinski definition) is 7. The highest BCUT2D eigenvalue weighted by Crippen LogP contribution is 2.29. The van der Waals surface area contributed by atoms with Crippen LogP contribution in [-0.2, 0) is 17.8 Å². The lowest BCUT2D eigenvalue weighted by molar-refractivity contribution is 0.129. The number of pyridine rings is 1. The predicted octanol–water partition coefficient (Wildman–Crippen LogP) is 2.77. The molecular formula is C18H15FN6O3. The van der Waals surface area contributed by atoms with E-state index in [-0.39, 0.29) is 13.1 Å². The molecule has 0 spiro atoms. The molecule has 1 aliphatic rings. The van der Waals surface area contributed by atoms with Crippen molar-refractivity contribution < 1.29 is 13.9 Å². The number of carbonyl (C=O) groups excluding carboxylic acids is 1. The maximum Gasteiger partial charge on any atom is 0.414 e. The van der Waals surface area contributed by atoms with Crippen LogP contribution in [0.15, 0.2) is 54.1 Å². The molecule has 3 heterocycles. The second-order valence-corrected chi connectivity index (χ2v) is 6.23. The molecule has 28 heavy (non-hydrogen) atoms. The summed E-state index contributed by atoms with van der Waals surface area (Å²) in [6, 6.07) is 7.81. The fourth-order valence-electron chi connectivity index (χ4n) is 3.02. The first-order valence-corrected chi connectivity index (χ1v) is 8.50. The van der Waals surface area contributed by atoms with E-state index >= 15 is 0 Å². The number of aromatic nitrogens is 4. The van der Waals surface area contributed by atoms with E-state index in [0.29, 0.717) is 29.1 Å². The largest absolute Gasteiger partial charge is 0.442 e. The van der Waals surface area contributed by atoms with Crippen molar-refractivity contribution in [3.63, 3.8) is 0 Å². The van der Waals surface area contributed by atoms with E-state index < -0.39 is 18.0 Å². The van der Waals surface area contributed by atoms with E-state index in [2.05, 4.69) is 20.5 Å². The maximum absolute atomic E-state index is 14.7. The van der Waals surface area contributed by atoms with E-state index in [1.807, 2.05) is 0 Å². The van der Waals surface area contributed by atoms with Crippen molar-refractivity contribution in [1.29, 1.82) is 0 Å². The lowest BCUT2D eigenvalue weighted by atomic mass is 10.1. The van der Waals surface area contributed by atoms with Gasteiger partial charge in [0.15, 0.2) is 0 Å². The number of ether oxygens (including phenoxy) is 1. The van der Waals surface area contributed by atoms with Crippen LogP contribution >= 0.6 is 0 Å². The minimum absolute atomic E-state index is 0.0332. The van der Waals surface area contributed by atoms with Crippen molar-refractivity contribution in [2.75, 3.05) is 11.4 Å². The molecule has 3 aromatic rings. The maximum atomic E-state index is 14.7. The zero-order valence-corrected chi connectivity index (χ0v) is 14.6. The summed E-state index contributed by atoms with van der Waals surface area (Å²) in [6.07, 6.45) is 3.76. The number of nitroso groups, excluding NO2 is 1. The van der Waals surface area contributed by atoms with Gasteiger partial charge in [0.2, 0.25) is 0 Å². The molecule has 4 rings (SSSR count). The molecule has 0 saturated carbocycles. The summed E-state index contributed by atoms with van der Waals surface area (Å²) in [5, 5.41) is 10.3. The molecule has 0 bridgehead atoms. The monoisotopic (exact) mass is 382 g/mol. The van der Waals surface area contributed by atoms with Gasteiger partial charge in [-0.15, -0.1) is 5.10 Å². The molecule has 0 aliphatic carbocycles. The summed E-state index contributed by atoms with van der Waals surface area (Å²) in [5.74, 6) is -0.493. The van der Waals surface area contributed by atoms with E-state index in [9.17, 15) is 14.1 Å². The Hall–Kier alpha value is -3.69. The number of benzene rings is 1. The van der Waals surface area contributed by atoms with Gasteiger partial charge in [-0.05, 0) is 24.3 Å². The van der Waals surface area contributed by atoms with Crippen LogP contribution in [0.3, 0.4) is 0 Å². The SMILES string of the molecule is O=NCc1ccc(-c2ccc(N3C[C@H](Cn4ccnn4)OC3=O)cc2F)cn1. The quantitative estimate of drug-likeness (QED) is 0.608. The van der Waals surface area contributed by atoms with E-state index in [1.165, 1.54) is 17.2 Å². The van der Waals surface area contributed by atoms with Gasteiger partial charge in [-0.1, -0.05) is 16.5 Å². The number of amides is 1. The number of halogens is 1. The first-order valence-electron chi connectivity index (χ1n) is 8.50. The number of hydrogen-bond donors (Lipinski definition) is 0. The molecule has 2 aromatic heterocycles. The minimum atomic E-state index is -0.537. The molecule has 0 unspecified atom stereocenters. The van der Waals surface area contributed by atoms with E-state index in [0.717, 1.165) is 0 Å². The smallest absolute Gasteiger partial charge is 0.414 e. The van der Waals surface area contributed by atoms with Crippen LogP contribution in [0.4, 0.5) is 14.9 Å². The van der Waals surface area contributed by atoms with E-state index in [4.69, 9.17) is 4.74 Å². The van der Waals surface area contributed by atoms with Gasteiger partial charge < -0.3 is 4.74 Å². The molecule has 9 nitrogen and oxygen atoms in total. The Morgan fingerprint density at radius 1 is 1.29 bits per heavy atom. The Balaban J connectivity index is 1.51. The average Bonchev–Trinajstić information content (AvgIpc) is 3.32. The highest BCUT2D eigenvalue weighted by molar-refractivity contribution is 5.90. The van der Waals surface area contributed by atoms with Crippen LogP contribution in [-0.4, -0.2) is 38.7 Å². The van der Waals surface area contributed by atoms with Crippen LogP contribution in [0, 0.1) is 10.7 Å². The summed E-state index contributed by atoms with van der Waals surface area (Å²) in [5.41, 5.74) is 1.82. The van der Waals surface area contributed by atoms with Crippen LogP contribution in [0.5, 0.6) is 0 Å². The van der Waals surface area contributed by atoms with Crippen LogP contribution in [0.25, 0.3) is 11.1 Å². The molecule has 142 valence electrons. The Bertz CT molecular complexity index is 993. The number of rotatable bonds is 6. The van der Waals surface area contributed by atoms with Gasteiger partial charge in [-0.2, -0.15) is 4.91 Å². The second kappa shape index (κ2) is 7.51. The van der Waals surface area contributed by atoms with Gasteiger partial charge in [-0.25, -0.2) is 13.9 Å². The highest BCUT2D eigenvalue weighted by atomic mass is 19.1. The molecule has 1 atom stereocenters. The Morgan fingerprint density at radius 3 is 2.86 bits per heavy atom. The third-order valence-corrected chi connectivity index (χ3v) is 4.36. The lowest BCUT2D eigenvalue weighted by Crippen LogP contribution is -2.26. The predicted molar refractivity (Wildman–Crippen MR) is 96.8 cm³/mol. The number of cyclic esters (lactones) is 1. The lowest BCUT2D eigenvalue weighted by Gasteiger charge is -2.14. The first kappa shape index (κ1) is 17.7. The average molecular weight is 382 g/mol. The molecule has 0 radical (unpaired) electrons. The standard InChI is InChI=1S/C18H15FN6O3/c19-17-7-14(3-4-16(17)12-1-2-13(9-22-27)20-8-12)25-11-15(28-18(25)26)10-24-6-5-21-23-24/h1-8,15H,9-11H2/t15-/m0/s1. The van der Waals surface area contributed by atoms with Crippen molar-refractivity contribution in [3.8, 4) is 11.1 Å². The van der Waals surface area contributed by atoms with Gasteiger partial charge in [0.05, 0.1) is 30.7 Å². The topological polar surface area (TPSA) is 103 Å². The Kier molecular flexibility index (Phi) is 4.75. The van der Waals surface area contributed by atoms with Crippen molar-refractivity contribution in [3.05, 3.63) is 65.3 Å². The number of nitrogens with zero attached hydrogens (tertiary/aromatic N) is 6. The third-order valence-electron chi connectivity index (χ3n) is 4.36. The molecule has 1 aliphatic heterocycles. The highest BCUT2D eigenvalue weighted by Gasteiger charge is 2.33. The fraction of sp³-hybridized carbons (Fsp3) is 0.222.